The molecule has 0 atom stereocenters. The first-order valence-electron chi connectivity index (χ1n) is 6.93. The van der Waals surface area contributed by atoms with Crippen molar-refractivity contribution < 1.29 is 18.7 Å². The predicted octanol–water partition coefficient (Wildman–Crippen LogP) is 2.44. The van der Waals surface area contributed by atoms with Gasteiger partial charge in [0.25, 0.3) is 5.91 Å². The van der Waals surface area contributed by atoms with E-state index in [1.807, 2.05) is 0 Å². The van der Waals surface area contributed by atoms with Crippen LogP contribution in [0.25, 0.3) is 0 Å². The van der Waals surface area contributed by atoms with Crippen molar-refractivity contribution in [2.75, 3.05) is 7.11 Å². The highest BCUT2D eigenvalue weighted by Crippen LogP contribution is 2.33. The summed E-state index contributed by atoms with van der Waals surface area (Å²) in [5.41, 5.74) is -0.163. The van der Waals surface area contributed by atoms with Gasteiger partial charge in [-0.1, -0.05) is 6.92 Å². The Hall–Kier alpha value is -1.78. The van der Waals surface area contributed by atoms with E-state index in [0.29, 0.717) is 18.8 Å². The summed E-state index contributed by atoms with van der Waals surface area (Å²) in [4.78, 5) is 24.4. The lowest BCUT2D eigenvalue weighted by molar-refractivity contribution is -0.150. The number of esters is 1. The molecule has 1 heterocycles. The van der Waals surface area contributed by atoms with Crippen LogP contribution in [0.4, 0.5) is 0 Å². The standard InChI is InChI=1S/C15H21NO4/c1-10-4-7-15(8-5-10,14(18)19-3)16-13(17)12-11(2)6-9-20-12/h6,9-10H,4-5,7-8H2,1-3H3,(H,16,17). The van der Waals surface area contributed by atoms with Gasteiger partial charge < -0.3 is 14.5 Å². The summed E-state index contributed by atoms with van der Waals surface area (Å²) >= 11 is 0. The molecule has 1 aromatic rings. The fourth-order valence-corrected chi connectivity index (χ4v) is 2.71. The molecule has 1 saturated carbocycles. The molecule has 0 saturated heterocycles. The van der Waals surface area contributed by atoms with Gasteiger partial charge in [0, 0.05) is 5.56 Å². The smallest absolute Gasteiger partial charge is 0.331 e. The molecule has 0 aliphatic heterocycles. The summed E-state index contributed by atoms with van der Waals surface area (Å²) in [6.45, 7) is 3.95. The van der Waals surface area contributed by atoms with Gasteiger partial charge >= 0.3 is 5.97 Å². The molecule has 110 valence electrons. The van der Waals surface area contributed by atoms with Crippen LogP contribution in [-0.4, -0.2) is 24.5 Å². The second-order valence-electron chi connectivity index (χ2n) is 5.64. The molecule has 2 rings (SSSR count). The van der Waals surface area contributed by atoms with Gasteiger partial charge in [0.05, 0.1) is 13.4 Å². The number of carbonyl (C=O) groups is 2. The fraction of sp³-hybridized carbons (Fsp3) is 0.600. The van der Waals surface area contributed by atoms with Crippen LogP contribution in [0.1, 0.15) is 48.7 Å². The summed E-state index contributed by atoms with van der Waals surface area (Å²) in [6.07, 6.45) is 4.47. The number of aryl methyl sites for hydroxylation is 1. The lowest BCUT2D eigenvalue weighted by Gasteiger charge is -2.37. The SMILES string of the molecule is COC(=O)C1(NC(=O)c2occc2C)CCC(C)CC1. The summed E-state index contributed by atoms with van der Waals surface area (Å²) in [6, 6.07) is 1.72. The molecule has 1 fully saturated rings. The minimum Gasteiger partial charge on any atom is -0.467 e. The number of hydrogen-bond donors (Lipinski definition) is 1. The zero-order valence-corrected chi connectivity index (χ0v) is 12.2. The van der Waals surface area contributed by atoms with Gasteiger partial charge in [-0.3, -0.25) is 4.79 Å². The van der Waals surface area contributed by atoms with E-state index in [4.69, 9.17) is 9.15 Å². The van der Waals surface area contributed by atoms with Gasteiger partial charge in [-0.25, -0.2) is 4.79 Å². The molecular formula is C15H21NO4. The first-order chi connectivity index (χ1) is 9.48. The lowest BCUT2D eigenvalue weighted by Crippen LogP contribution is -2.56. The fourth-order valence-electron chi connectivity index (χ4n) is 2.71. The molecule has 1 aliphatic rings. The molecule has 1 amide bonds. The number of amides is 1. The van der Waals surface area contributed by atoms with Crippen molar-refractivity contribution in [3.63, 3.8) is 0 Å². The Morgan fingerprint density at radius 2 is 2.05 bits per heavy atom. The molecule has 0 bridgehead atoms. The maximum atomic E-state index is 12.3. The van der Waals surface area contributed by atoms with Crippen molar-refractivity contribution in [1.82, 2.24) is 5.32 Å². The van der Waals surface area contributed by atoms with Crippen LogP contribution in [0.3, 0.4) is 0 Å². The van der Waals surface area contributed by atoms with Gasteiger partial charge in [-0.2, -0.15) is 0 Å². The molecular weight excluding hydrogens is 258 g/mol. The third kappa shape index (κ3) is 2.71. The average Bonchev–Trinajstić information content (AvgIpc) is 2.87. The van der Waals surface area contributed by atoms with E-state index in [1.165, 1.54) is 13.4 Å². The van der Waals surface area contributed by atoms with Crippen molar-refractivity contribution in [2.24, 2.45) is 5.92 Å². The third-order valence-corrected chi connectivity index (χ3v) is 4.13. The van der Waals surface area contributed by atoms with Crippen molar-refractivity contribution in [3.8, 4) is 0 Å². The molecule has 0 unspecified atom stereocenters. The zero-order valence-electron chi connectivity index (χ0n) is 12.2. The van der Waals surface area contributed by atoms with E-state index in [2.05, 4.69) is 12.2 Å². The van der Waals surface area contributed by atoms with Crippen LogP contribution in [0, 0.1) is 12.8 Å². The molecule has 0 aromatic carbocycles. The highest BCUT2D eigenvalue weighted by atomic mass is 16.5. The lowest BCUT2D eigenvalue weighted by atomic mass is 9.77. The quantitative estimate of drug-likeness (QED) is 0.863. The minimum absolute atomic E-state index is 0.256. The highest BCUT2D eigenvalue weighted by Gasteiger charge is 2.44. The number of rotatable bonds is 3. The Labute approximate surface area is 118 Å². The van der Waals surface area contributed by atoms with Crippen LogP contribution in [0.2, 0.25) is 0 Å². The summed E-state index contributed by atoms with van der Waals surface area (Å²) in [5.74, 6) is 0.0938. The van der Waals surface area contributed by atoms with Crippen LogP contribution in [-0.2, 0) is 9.53 Å². The second-order valence-corrected chi connectivity index (χ2v) is 5.64. The van der Waals surface area contributed by atoms with Crippen LogP contribution < -0.4 is 5.32 Å². The van der Waals surface area contributed by atoms with E-state index >= 15 is 0 Å². The van der Waals surface area contributed by atoms with Crippen LogP contribution in [0.5, 0.6) is 0 Å². The van der Waals surface area contributed by atoms with Crippen LogP contribution >= 0.6 is 0 Å². The highest BCUT2D eigenvalue weighted by molar-refractivity contribution is 5.97. The monoisotopic (exact) mass is 279 g/mol. The topological polar surface area (TPSA) is 68.5 Å². The van der Waals surface area contributed by atoms with E-state index in [0.717, 1.165) is 18.4 Å². The van der Waals surface area contributed by atoms with Crippen molar-refractivity contribution >= 4 is 11.9 Å². The first-order valence-corrected chi connectivity index (χ1v) is 6.93. The van der Waals surface area contributed by atoms with Gasteiger partial charge in [-0.05, 0) is 44.6 Å². The summed E-state index contributed by atoms with van der Waals surface area (Å²) < 4.78 is 10.1. The Kier molecular flexibility index (Phi) is 4.16. The number of nitrogens with one attached hydrogen (secondary N) is 1. The maximum absolute atomic E-state index is 12.3. The van der Waals surface area contributed by atoms with Gasteiger partial charge in [0.2, 0.25) is 0 Å². The minimum atomic E-state index is -0.919. The van der Waals surface area contributed by atoms with Crippen molar-refractivity contribution in [3.05, 3.63) is 23.7 Å². The molecule has 5 heteroatoms. The normalized spacial score (nSPS) is 26.1. The molecule has 0 spiro atoms. The molecule has 5 nitrogen and oxygen atoms in total. The predicted molar refractivity (Wildman–Crippen MR) is 73.3 cm³/mol. The number of furan rings is 1. The largest absolute Gasteiger partial charge is 0.467 e. The van der Waals surface area contributed by atoms with E-state index < -0.39 is 5.54 Å². The molecule has 0 radical (unpaired) electrons. The molecule has 1 aromatic heterocycles. The van der Waals surface area contributed by atoms with Gasteiger partial charge in [0.15, 0.2) is 5.76 Å². The Morgan fingerprint density at radius 1 is 1.40 bits per heavy atom. The Morgan fingerprint density at radius 3 is 2.55 bits per heavy atom. The van der Waals surface area contributed by atoms with Gasteiger partial charge in [-0.15, -0.1) is 0 Å². The third-order valence-electron chi connectivity index (χ3n) is 4.13. The average molecular weight is 279 g/mol. The van der Waals surface area contributed by atoms with Crippen molar-refractivity contribution in [1.29, 1.82) is 0 Å². The number of carbonyl (C=O) groups excluding carboxylic acids is 2. The molecule has 1 aliphatic carbocycles. The zero-order chi connectivity index (χ0) is 14.8. The van der Waals surface area contributed by atoms with E-state index in [9.17, 15) is 9.59 Å². The Bertz CT molecular complexity index is 498. The number of ether oxygens (including phenoxy) is 1. The van der Waals surface area contributed by atoms with Crippen molar-refractivity contribution in [2.45, 2.75) is 45.1 Å². The number of methoxy groups -OCH3 is 1. The van der Waals surface area contributed by atoms with Gasteiger partial charge in [0.1, 0.15) is 5.54 Å². The first kappa shape index (κ1) is 14.6. The number of hydrogen-bond acceptors (Lipinski definition) is 4. The maximum Gasteiger partial charge on any atom is 0.331 e. The summed E-state index contributed by atoms with van der Waals surface area (Å²) in [7, 11) is 1.35. The second kappa shape index (κ2) is 5.69. The Balaban J connectivity index is 2.19. The molecule has 1 N–H and O–H groups in total. The van der Waals surface area contributed by atoms with E-state index in [-0.39, 0.29) is 17.6 Å². The van der Waals surface area contributed by atoms with E-state index in [1.54, 1.807) is 13.0 Å². The molecule has 20 heavy (non-hydrogen) atoms. The summed E-state index contributed by atoms with van der Waals surface area (Å²) in [5, 5.41) is 2.84. The van der Waals surface area contributed by atoms with Crippen LogP contribution in [0.15, 0.2) is 16.7 Å².